The predicted molar refractivity (Wildman–Crippen MR) is 96.9 cm³/mol. The zero-order chi connectivity index (χ0) is 18.2. The molecular formula is C20H24N2O4. The molecule has 1 aromatic heterocycles. The molecule has 1 aromatic carbocycles. The van der Waals surface area contributed by atoms with Crippen molar-refractivity contribution in [2.24, 2.45) is 0 Å². The summed E-state index contributed by atoms with van der Waals surface area (Å²) in [6, 6.07) is 13.5. The summed E-state index contributed by atoms with van der Waals surface area (Å²) in [5.74, 6) is -0.377. The number of carboxylic acids is 1. The largest absolute Gasteiger partial charge is 0.482 e. The minimum Gasteiger partial charge on any atom is -0.482 e. The SMILES string of the molecule is O=C(O)COc1ccccc1CN(Cc1ccccn1)C[C@H]1CCCO1. The van der Waals surface area contributed by atoms with Gasteiger partial charge in [-0.3, -0.25) is 9.88 Å². The van der Waals surface area contributed by atoms with Crippen molar-refractivity contribution < 1.29 is 19.4 Å². The van der Waals surface area contributed by atoms with Crippen LogP contribution in [0.15, 0.2) is 48.7 Å². The van der Waals surface area contributed by atoms with Crippen LogP contribution >= 0.6 is 0 Å². The summed E-state index contributed by atoms with van der Waals surface area (Å²) >= 11 is 0. The van der Waals surface area contributed by atoms with E-state index in [4.69, 9.17) is 14.6 Å². The molecule has 0 saturated carbocycles. The maximum Gasteiger partial charge on any atom is 0.341 e. The zero-order valence-electron chi connectivity index (χ0n) is 14.7. The van der Waals surface area contributed by atoms with Gasteiger partial charge in [0.25, 0.3) is 0 Å². The van der Waals surface area contributed by atoms with Crippen molar-refractivity contribution in [2.45, 2.75) is 32.0 Å². The molecule has 0 radical (unpaired) electrons. The van der Waals surface area contributed by atoms with Crippen LogP contribution in [0.4, 0.5) is 0 Å². The van der Waals surface area contributed by atoms with Crippen molar-refractivity contribution in [3.05, 3.63) is 59.9 Å². The predicted octanol–water partition coefficient (Wildman–Crippen LogP) is 2.73. The molecule has 2 aromatic rings. The molecule has 1 saturated heterocycles. The smallest absolute Gasteiger partial charge is 0.341 e. The third-order valence-corrected chi connectivity index (χ3v) is 4.32. The standard InChI is InChI=1S/C20H24N2O4/c23-20(24)15-26-19-9-2-1-6-16(19)12-22(14-18-8-5-11-25-18)13-17-7-3-4-10-21-17/h1-4,6-7,9-10,18H,5,8,11-15H2,(H,23,24)/t18-/m1/s1. The number of pyridine rings is 1. The van der Waals surface area contributed by atoms with E-state index in [1.54, 1.807) is 6.20 Å². The van der Waals surface area contributed by atoms with Crippen LogP contribution < -0.4 is 4.74 Å². The second-order valence-electron chi connectivity index (χ2n) is 6.42. The molecule has 1 aliphatic heterocycles. The summed E-state index contributed by atoms with van der Waals surface area (Å²) in [7, 11) is 0. The minimum atomic E-state index is -0.982. The lowest BCUT2D eigenvalue weighted by Crippen LogP contribution is -2.32. The van der Waals surface area contributed by atoms with Crippen molar-refractivity contribution in [3.8, 4) is 5.75 Å². The van der Waals surface area contributed by atoms with Gasteiger partial charge in [-0.25, -0.2) is 4.79 Å². The fourth-order valence-electron chi connectivity index (χ4n) is 3.14. The quantitative estimate of drug-likeness (QED) is 0.745. The van der Waals surface area contributed by atoms with Gasteiger partial charge in [0, 0.05) is 38.0 Å². The van der Waals surface area contributed by atoms with Crippen LogP contribution in [0.1, 0.15) is 24.1 Å². The van der Waals surface area contributed by atoms with Gasteiger partial charge in [0.1, 0.15) is 5.75 Å². The first kappa shape index (κ1) is 18.4. The molecule has 0 amide bonds. The summed E-state index contributed by atoms with van der Waals surface area (Å²) in [5.41, 5.74) is 1.96. The van der Waals surface area contributed by atoms with Crippen LogP contribution in [0.25, 0.3) is 0 Å². The highest BCUT2D eigenvalue weighted by Crippen LogP contribution is 2.22. The number of ether oxygens (including phenoxy) is 2. The van der Waals surface area contributed by atoms with Crippen molar-refractivity contribution in [2.75, 3.05) is 19.8 Å². The van der Waals surface area contributed by atoms with E-state index in [-0.39, 0.29) is 12.7 Å². The second-order valence-corrected chi connectivity index (χ2v) is 6.42. The maximum absolute atomic E-state index is 10.8. The Hall–Kier alpha value is -2.44. The van der Waals surface area contributed by atoms with Crippen LogP contribution in [-0.2, 0) is 22.6 Å². The number of aliphatic carboxylic acids is 1. The molecule has 6 nitrogen and oxygen atoms in total. The van der Waals surface area contributed by atoms with Gasteiger partial charge in [0.2, 0.25) is 0 Å². The third kappa shape index (κ3) is 5.54. The number of nitrogens with zero attached hydrogens (tertiary/aromatic N) is 2. The van der Waals surface area contributed by atoms with Crippen molar-refractivity contribution in [1.29, 1.82) is 0 Å². The van der Waals surface area contributed by atoms with E-state index >= 15 is 0 Å². The van der Waals surface area contributed by atoms with E-state index in [0.717, 1.165) is 37.3 Å². The van der Waals surface area contributed by atoms with E-state index in [1.165, 1.54) is 0 Å². The van der Waals surface area contributed by atoms with Crippen LogP contribution in [-0.4, -0.2) is 46.8 Å². The Labute approximate surface area is 153 Å². The van der Waals surface area contributed by atoms with Crippen LogP contribution in [0.2, 0.25) is 0 Å². The molecule has 138 valence electrons. The van der Waals surface area contributed by atoms with Crippen LogP contribution in [0, 0.1) is 0 Å². The lowest BCUT2D eigenvalue weighted by Gasteiger charge is -2.25. The number of hydrogen-bond acceptors (Lipinski definition) is 5. The Morgan fingerprint density at radius 1 is 1.23 bits per heavy atom. The van der Waals surface area contributed by atoms with Gasteiger partial charge in [-0.2, -0.15) is 0 Å². The molecule has 3 rings (SSSR count). The van der Waals surface area contributed by atoms with E-state index in [9.17, 15) is 4.79 Å². The molecule has 1 N–H and O–H groups in total. The molecule has 0 aliphatic carbocycles. The molecule has 2 heterocycles. The average molecular weight is 356 g/mol. The molecular weight excluding hydrogens is 332 g/mol. The average Bonchev–Trinajstić information content (AvgIpc) is 3.15. The fourth-order valence-corrected chi connectivity index (χ4v) is 3.14. The first-order chi connectivity index (χ1) is 12.7. The highest BCUT2D eigenvalue weighted by Gasteiger charge is 2.21. The Morgan fingerprint density at radius 3 is 2.81 bits per heavy atom. The first-order valence-electron chi connectivity index (χ1n) is 8.87. The van der Waals surface area contributed by atoms with E-state index < -0.39 is 5.97 Å². The van der Waals surface area contributed by atoms with E-state index in [0.29, 0.717) is 18.8 Å². The molecule has 0 unspecified atom stereocenters. The molecule has 0 spiro atoms. The Balaban J connectivity index is 1.73. The molecule has 0 bridgehead atoms. The first-order valence-corrected chi connectivity index (χ1v) is 8.87. The summed E-state index contributed by atoms with van der Waals surface area (Å²) in [5, 5.41) is 8.87. The molecule has 1 aliphatic rings. The van der Waals surface area contributed by atoms with Gasteiger partial charge in [-0.05, 0) is 31.0 Å². The molecule has 1 fully saturated rings. The normalized spacial score (nSPS) is 16.7. The minimum absolute atomic E-state index is 0.228. The van der Waals surface area contributed by atoms with Crippen molar-refractivity contribution >= 4 is 5.97 Å². The van der Waals surface area contributed by atoms with Crippen LogP contribution in [0.5, 0.6) is 5.75 Å². The Morgan fingerprint density at radius 2 is 2.08 bits per heavy atom. The second kappa shape index (κ2) is 9.31. The van der Waals surface area contributed by atoms with Crippen LogP contribution in [0.3, 0.4) is 0 Å². The summed E-state index contributed by atoms with van der Waals surface area (Å²) < 4.78 is 11.2. The lowest BCUT2D eigenvalue weighted by atomic mass is 10.1. The summed E-state index contributed by atoms with van der Waals surface area (Å²) in [6.07, 6.45) is 4.19. The molecule has 6 heteroatoms. The monoisotopic (exact) mass is 356 g/mol. The summed E-state index contributed by atoms with van der Waals surface area (Å²) in [6.45, 7) is 2.63. The topological polar surface area (TPSA) is 71.9 Å². The highest BCUT2D eigenvalue weighted by atomic mass is 16.5. The number of carboxylic acid groups (broad SMARTS) is 1. The number of rotatable bonds is 9. The summed E-state index contributed by atoms with van der Waals surface area (Å²) in [4.78, 5) is 17.5. The highest BCUT2D eigenvalue weighted by molar-refractivity contribution is 5.68. The van der Waals surface area contributed by atoms with Gasteiger partial charge < -0.3 is 14.6 Å². The van der Waals surface area contributed by atoms with Gasteiger partial charge in [-0.1, -0.05) is 24.3 Å². The number of carbonyl (C=O) groups is 1. The van der Waals surface area contributed by atoms with Gasteiger partial charge in [0.05, 0.1) is 11.8 Å². The van der Waals surface area contributed by atoms with E-state index in [1.807, 2.05) is 42.5 Å². The molecule has 1 atom stereocenters. The number of hydrogen-bond donors (Lipinski definition) is 1. The van der Waals surface area contributed by atoms with Gasteiger partial charge >= 0.3 is 5.97 Å². The zero-order valence-corrected chi connectivity index (χ0v) is 14.7. The van der Waals surface area contributed by atoms with Gasteiger partial charge in [0.15, 0.2) is 6.61 Å². The van der Waals surface area contributed by atoms with Crippen molar-refractivity contribution in [1.82, 2.24) is 9.88 Å². The lowest BCUT2D eigenvalue weighted by molar-refractivity contribution is -0.139. The number of para-hydroxylation sites is 1. The number of benzene rings is 1. The van der Waals surface area contributed by atoms with Crippen molar-refractivity contribution in [3.63, 3.8) is 0 Å². The third-order valence-electron chi connectivity index (χ3n) is 4.32. The molecule has 26 heavy (non-hydrogen) atoms. The Bertz CT molecular complexity index is 702. The Kier molecular flexibility index (Phi) is 6.57. The van der Waals surface area contributed by atoms with E-state index in [2.05, 4.69) is 9.88 Å². The number of aromatic nitrogens is 1. The maximum atomic E-state index is 10.8. The van der Waals surface area contributed by atoms with Gasteiger partial charge in [-0.15, -0.1) is 0 Å². The fraction of sp³-hybridized carbons (Fsp3) is 0.400.